The first-order chi connectivity index (χ1) is 9.38. The topological polar surface area (TPSA) is 84.2 Å². The number of carbonyl (C=O) groups is 2. The van der Waals surface area contributed by atoms with Gasteiger partial charge in [-0.15, -0.1) is 0 Å². The van der Waals surface area contributed by atoms with Crippen LogP contribution in [0.4, 0.5) is 5.69 Å². The lowest BCUT2D eigenvalue weighted by atomic mass is 10.1. The average Bonchev–Trinajstić information content (AvgIpc) is 2.70. The SMILES string of the molecule is Cc1cc(C(=O)Nc2ccc(Br)cc2C(=O)O)n(C)n1. The van der Waals surface area contributed by atoms with Crippen LogP contribution in [0.15, 0.2) is 28.7 Å². The van der Waals surface area contributed by atoms with Crippen molar-refractivity contribution in [1.82, 2.24) is 9.78 Å². The quantitative estimate of drug-likeness (QED) is 0.900. The summed E-state index contributed by atoms with van der Waals surface area (Å²) in [5, 5.41) is 15.8. The summed E-state index contributed by atoms with van der Waals surface area (Å²) < 4.78 is 2.08. The van der Waals surface area contributed by atoms with Gasteiger partial charge in [-0.05, 0) is 31.2 Å². The van der Waals surface area contributed by atoms with Crippen molar-refractivity contribution in [2.45, 2.75) is 6.92 Å². The van der Waals surface area contributed by atoms with E-state index < -0.39 is 11.9 Å². The highest BCUT2D eigenvalue weighted by molar-refractivity contribution is 9.10. The number of rotatable bonds is 3. The van der Waals surface area contributed by atoms with Crippen molar-refractivity contribution in [3.8, 4) is 0 Å². The number of carboxylic acids is 1. The van der Waals surface area contributed by atoms with Crippen LogP contribution in [-0.4, -0.2) is 26.8 Å². The van der Waals surface area contributed by atoms with Crippen molar-refractivity contribution in [3.05, 3.63) is 45.7 Å². The standard InChI is InChI=1S/C13H12BrN3O3/c1-7-5-11(17(2)16-7)12(18)15-10-4-3-8(14)6-9(10)13(19)20/h3-6H,1-2H3,(H,15,18)(H,19,20). The van der Waals surface area contributed by atoms with Crippen LogP contribution in [0.3, 0.4) is 0 Å². The number of carboxylic acid groups (broad SMARTS) is 1. The molecule has 1 aromatic heterocycles. The van der Waals surface area contributed by atoms with Crippen molar-refractivity contribution in [1.29, 1.82) is 0 Å². The van der Waals surface area contributed by atoms with Gasteiger partial charge in [-0.25, -0.2) is 4.79 Å². The summed E-state index contributed by atoms with van der Waals surface area (Å²) in [6.07, 6.45) is 0. The summed E-state index contributed by atoms with van der Waals surface area (Å²) in [4.78, 5) is 23.3. The molecular weight excluding hydrogens is 326 g/mol. The number of aromatic carboxylic acids is 1. The second-order valence-electron chi connectivity index (χ2n) is 4.24. The third-order valence-corrected chi connectivity index (χ3v) is 3.19. The normalized spacial score (nSPS) is 10.3. The number of hydrogen-bond acceptors (Lipinski definition) is 3. The average molecular weight is 338 g/mol. The number of carbonyl (C=O) groups excluding carboxylic acids is 1. The lowest BCUT2D eigenvalue weighted by Crippen LogP contribution is -2.18. The maximum atomic E-state index is 12.1. The van der Waals surface area contributed by atoms with Crippen LogP contribution in [0.5, 0.6) is 0 Å². The largest absolute Gasteiger partial charge is 0.478 e. The smallest absolute Gasteiger partial charge is 0.337 e. The monoisotopic (exact) mass is 337 g/mol. The van der Waals surface area contributed by atoms with E-state index in [2.05, 4.69) is 26.3 Å². The van der Waals surface area contributed by atoms with E-state index in [1.54, 1.807) is 26.1 Å². The predicted octanol–water partition coefficient (Wildman–Crippen LogP) is 2.44. The number of amides is 1. The molecule has 0 spiro atoms. The highest BCUT2D eigenvalue weighted by Gasteiger charge is 2.16. The van der Waals surface area contributed by atoms with E-state index in [0.29, 0.717) is 15.9 Å². The second kappa shape index (κ2) is 5.46. The van der Waals surface area contributed by atoms with Crippen molar-refractivity contribution in [2.75, 3.05) is 5.32 Å². The molecule has 104 valence electrons. The highest BCUT2D eigenvalue weighted by Crippen LogP contribution is 2.21. The van der Waals surface area contributed by atoms with Gasteiger partial charge in [0.2, 0.25) is 0 Å². The Bertz CT molecular complexity index is 694. The second-order valence-corrected chi connectivity index (χ2v) is 5.16. The predicted molar refractivity (Wildman–Crippen MR) is 77.0 cm³/mol. The van der Waals surface area contributed by atoms with Crippen LogP contribution in [0.1, 0.15) is 26.5 Å². The molecule has 0 aliphatic rings. The number of anilines is 1. The van der Waals surface area contributed by atoms with E-state index in [1.165, 1.54) is 16.8 Å². The fourth-order valence-electron chi connectivity index (χ4n) is 1.81. The summed E-state index contributed by atoms with van der Waals surface area (Å²) >= 11 is 3.20. The van der Waals surface area contributed by atoms with E-state index >= 15 is 0 Å². The van der Waals surface area contributed by atoms with E-state index in [0.717, 1.165) is 0 Å². The van der Waals surface area contributed by atoms with Crippen LogP contribution >= 0.6 is 15.9 Å². The van der Waals surface area contributed by atoms with Gasteiger partial charge in [-0.3, -0.25) is 9.48 Å². The molecular formula is C13H12BrN3O3. The molecule has 2 rings (SSSR count). The molecule has 6 nitrogen and oxygen atoms in total. The van der Waals surface area contributed by atoms with Crippen LogP contribution in [0.25, 0.3) is 0 Å². The van der Waals surface area contributed by atoms with Gasteiger partial charge >= 0.3 is 5.97 Å². The molecule has 2 aromatic rings. The molecule has 0 atom stereocenters. The molecule has 2 N–H and O–H groups in total. The Hall–Kier alpha value is -2.15. The van der Waals surface area contributed by atoms with Gasteiger partial charge in [-0.1, -0.05) is 15.9 Å². The molecule has 1 heterocycles. The number of aryl methyl sites for hydroxylation is 2. The molecule has 0 radical (unpaired) electrons. The molecule has 0 aliphatic carbocycles. The molecule has 0 saturated heterocycles. The van der Waals surface area contributed by atoms with E-state index in [1.807, 2.05) is 0 Å². The first kappa shape index (κ1) is 14.3. The third-order valence-electron chi connectivity index (χ3n) is 2.69. The van der Waals surface area contributed by atoms with Gasteiger partial charge in [0.25, 0.3) is 5.91 Å². The molecule has 0 unspecified atom stereocenters. The number of halogens is 1. The lowest BCUT2D eigenvalue weighted by molar-refractivity contribution is 0.0698. The summed E-state index contributed by atoms with van der Waals surface area (Å²) in [7, 11) is 1.65. The Morgan fingerprint density at radius 1 is 1.35 bits per heavy atom. The molecule has 7 heteroatoms. The van der Waals surface area contributed by atoms with Gasteiger partial charge in [0.05, 0.1) is 16.9 Å². The van der Waals surface area contributed by atoms with Gasteiger partial charge in [-0.2, -0.15) is 5.10 Å². The van der Waals surface area contributed by atoms with Crippen LogP contribution < -0.4 is 5.32 Å². The van der Waals surface area contributed by atoms with Crippen LogP contribution in [0.2, 0.25) is 0 Å². The molecule has 0 saturated carbocycles. The molecule has 0 bridgehead atoms. The third kappa shape index (κ3) is 2.88. The number of aromatic nitrogens is 2. The van der Waals surface area contributed by atoms with E-state index in [4.69, 9.17) is 5.11 Å². The molecule has 20 heavy (non-hydrogen) atoms. The van der Waals surface area contributed by atoms with Crippen molar-refractivity contribution in [3.63, 3.8) is 0 Å². The van der Waals surface area contributed by atoms with Gasteiger partial charge < -0.3 is 10.4 Å². The van der Waals surface area contributed by atoms with Crippen molar-refractivity contribution in [2.24, 2.45) is 7.05 Å². The Morgan fingerprint density at radius 2 is 2.05 bits per heavy atom. The summed E-state index contributed by atoms with van der Waals surface area (Å²) in [6.45, 7) is 1.78. The Morgan fingerprint density at radius 3 is 2.60 bits per heavy atom. The van der Waals surface area contributed by atoms with Gasteiger partial charge in [0, 0.05) is 11.5 Å². The minimum Gasteiger partial charge on any atom is -0.478 e. The zero-order valence-electron chi connectivity index (χ0n) is 10.8. The first-order valence-corrected chi connectivity index (χ1v) is 6.52. The fraction of sp³-hybridized carbons (Fsp3) is 0.154. The van der Waals surface area contributed by atoms with Crippen LogP contribution in [-0.2, 0) is 7.05 Å². The van der Waals surface area contributed by atoms with E-state index in [9.17, 15) is 9.59 Å². The first-order valence-electron chi connectivity index (χ1n) is 5.73. The zero-order valence-corrected chi connectivity index (χ0v) is 12.4. The van der Waals surface area contributed by atoms with Gasteiger partial charge in [0.1, 0.15) is 5.69 Å². The number of nitrogens with one attached hydrogen (secondary N) is 1. The fourth-order valence-corrected chi connectivity index (χ4v) is 2.17. The number of nitrogens with zero attached hydrogens (tertiary/aromatic N) is 2. The minimum absolute atomic E-state index is 0.0200. The Labute approximate surface area is 123 Å². The number of benzene rings is 1. The Kier molecular flexibility index (Phi) is 3.89. The minimum atomic E-state index is -1.11. The maximum Gasteiger partial charge on any atom is 0.337 e. The van der Waals surface area contributed by atoms with E-state index in [-0.39, 0.29) is 11.3 Å². The maximum absolute atomic E-state index is 12.1. The summed E-state index contributed by atoms with van der Waals surface area (Å²) in [6, 6.07) is 6.27. The van der Waals surface area contributed by atoms with Crippen molar-refractivity contribution < 1.29 is 14.7 Å². The molecule has 0 fully saturated rings. The van der Waals surface area contributed by atoms with Crippen molar-refractivity contribution >= 4 is 33.5 Å². The highest BCUT2D eigenvalue weighted by atomic mass is 79.9. The molecule has 1 aromatic carbocycles. The van der Waals surface area contributed by atoms with Gasteiger partial charge in [0.15, 0.2) is 0 Å². The molecule has 0 aliphatic heterocycles. The summed E-state index contributed by atoms with van der Waals surface area (Å²) in [5.74, 6) is -1.51. The number of hydrogen-bond donors (Lipinski definition) is 2. The summed E-state index contributed by atoms with van der Waals surface area (Å²) in [5.41, 5.74) is 1.34. The lowest BCUT2D eigenvalue weighted by Gasteiger charge is -2.09. The van der Waals surface area contributed by atoms with Crippen LogP contribution in [0, 0.1) is 6.92 Å². The Balaban J connectivity index is 2.33. The zero-order chi connectivity index (χ0) is 14.9. The molecule has 1 amide bonds.